The Kier molecular flexibility index (Phi) is 19.4. The lowest BCUT2D eigenvalue weighted by atomic mass is 9.39. The molecule has 5 amide bonds. The van der Waals surface area contributed by atoms with Crippen molar-refractivity contribution in [1.29, 1.82) is 5.26 Å². The van der Waals surface area contributed by atoms with E-state index in [1.54, 1.807) is 48.7 Å². The van der Waals surface area contributed by atoms with Crippen LogP contribution in [0.15, 0.2) is 85.1 Å². The lowest BCUT2D eigenvalue weighted by Gasteiger charge is -2.69. The molecule has 13 rings (SSSR count). The number of anilines is 2. The molecule has 4 bridgehead atoms. The molecule has 3 aromatic carbocycles. The van der Waals surface area contributed by atoms with Gasteiger partial charge < -0.3 is 64.8 Å². The third-order valence-corrected chi connectivity index (χ3v) is 20.4. The number of imide groups is 1. The normalized spacial score (nSPS) is 25.4. The third-order valence-electron chi connectivity index (χ3n) is 19.4. The van der Waals surface area contributed by atoms with E-state index in [1.807, 2.05) is 40.8 Å². The van der Waals surface area contributed by atoms with Crippen LogP contribution in [0, 0.1) is 34.5 Å². The van der Waals surface area contributed by atoms with Crippen LogP contribution < -0.4 is 25.6 Å². The zero-order valence-corrected chi connectivity index (χ0v) is 54.6. The predicted molar refractivity (Wildman–Crippen MR) is 348 cm³/mol. The third kappa shape index (κ3) is 14.6. The van der Waals surface area contributed by atoms with Gasteiger partial charge in [0.1, 0.15) is 43.1 Å². The van der Waals surface area contributed by atoms with Gasteiger partial charge in [0.2, 0.25) is 5.91 Å². The summed E-state index contributed by atoms with van der Waals surface area (Å²) in [7, 11) is 0. The molecule has 4 saturated carbocycles. The summed E-state index contributed by atoms with van der Waals surface area (Å²) >= 11 is 1.36. The molecule has 7 aliphatic rings. The second kappa shape index (κ2) is 27.7. The van der Waals surface area contributed by atoms with Gasteiger partial charge in [-0.1, -0.05) is 49.4 Å². The minimum Gasteiger partial charge on any atom is -0.491 e. The SMILES string of the molecule is Cc1c(-c2ccc(N3CCc4c(C#N)ccc(C(=O)Nc5nc6ccccc6s5)c4C3)nc2C(=O)O)cnn1CC12CC3(C)CC(C)(C1)CC(OCCNC(=O)OCc1ccc(C[C@@H]4O[C@H](C(=O)O)[C@@H](O)[C@H](O)[C@@H]4O)cc1OCCOCCNC(=O)CCN1C(=O)C=CC1=O)(C3)C2. The van der Waals surface area contributed by atoms with Crippen molar-refractivity contribution in [2.24, 2.45) is 16.2 Å². The smallest absolute Gasteiger partial charge is 0.407 e. The number of aliphatic hydroxyl groups excluding tert-OH is 3. The first-order valence-electron chi connectivity index (χ1n) is 32.3. The Balaban J connectivity index is 0.664. The van der Waals surface area contributed by atoms with E-state index < -0.39 is 66.0 Å². The van der Waals surface area contributed by atoms with Gasteiger partial charge in [0.15, 0.2) is 16.9 Å². The van der Waals surface area contributed by atoms with Gasteiger partial charge in [0.05, 0.1) is 59.6 Å². The average molecular weight is 1350 g/mol. The van der Waals surface area contributed by atoms with Crippen LogP contribution in [0.1, 0.15) is 113 Å². The van der Waals surface area contributed by atoms with E-state index in [1.165, 1.54) is 11.3 Å². The van der Waals surface area contributed by atoms with Crippen LogP contribution in [-0.4, -0.2) is 181 Å². The number of aromatic nitrogens is 4. The number of carboxylic acid groups (broad SMARTS) is 2. The molecule has 0 radical (unpaired) electrons. The lowest BCUT2D eigenvalue weighted by molar-refractivity contribution is -0.247. The van der Waals surface area contributed by atoms with Crippen molar-refractivity contribution in [2.75, 3.05) is 62.8 Å². The number of hydrogen-bond donors (Lipinski definition) is 8. The van der Waals surface area contributed by atoms with Crippen molar-refractivity contribution in [1.82, 2.24) is 35.3 Å². The van der Waals surface area contributed by atoms with E-state index in [0.29, 0.717) is 69.4 Å². The van der Waals surface area contributed by atoms with Crippen LogP contribution >= 0.6 is 11.3 Å². The van der Waals surface area contributed by atoms with Crippen LogP contribution in [-0.2, 0) is 70.7 Å². The van der Waals surface area contributed by atoms with Crippen LogP contribution in [0.2, 0.25) is 0 Å². The van der Waals surface area contributed by atoms with E-state index in [4.69, 9.17) is 33.8 Å². The molecule has 97 heavy (non-hydrogen) atoms. The van der Waals surface area contributed by atoms with Gasteiger partial charge in [0.25, 0.3) is 17.7 Å². The standard InChI is InChI=1S/C69H76N10O17S/c1-39-46(44-12-13-52(75-56(44)62(87)88)77-20-16-43-41(28-70)10-11-45(47(43)30-77)61(86)76-64-74-48-6-4-5-7-51(48)97-64)29-73-79(39)38-68-33-66(2)32-67(3,34-68)36-69(35-66,37-68)95-23-19-72-65(91)94-31-42-9-8-40(27-50-57(83)58(84)59(85)60(96-50)63(89)90)26-49(42)93-25-24-92-22-18-71-53(80)17-21-78-54(81)14-15-55(78)82/h4-15,26,29,50,57-60,83-85H,16-25,27,30-38H2,1-3H3,(H,71,80)(H,72,91)(H,87,88)(H,89,90)(H,74,76,86)/t50-,57+,58+,59-,60-,66?,67?,68?,69?/m0/s1. The Morgan fingerprint density at radius 1 is 0.825 bits per heavy atom. The number of ether oxygens (including phenoxy) is 5. The van der Waals surface area contributed by atoms with Crippen molar-refractivity contribution < 1.29 is 82.8 Å². The van der Waals surface area contributed by atoms with Gasteiger partial charge in [-0.2, -0.15) is 10.4 Å². The molecule has 510 valence electrons. The first-order valence-corrected chi connectivity index (χ1v) is 33.1. The number of carbonyl (C=O) groups is 7. The van der Waals surface area contributed by atoms with E-state index in [-0.39, 0.29) is 112 Å². The van der Waals surface area contributed by atoms with Crippen molar-refractivity contribution in [3.8, 4) is 22.9 Å². The van der Waals surface area contributed by atoms with E-state index in [0.717, 1.165) is 77.1 Å². The van der Waals surface area contributed by atoms with E-state index in [2.05, 4.69) is 40.9 Å². The number of aromatic carboxylic acids is 1. The summed E-state index contributed by atoms with van der Waals surface area (Å²) in [6.45, 7) is 8.11. The summed E-state index contributed by atoms with van der Waals surface area (Å²) in [5, 5.41) is 75.7. The number of hydrogen-bond acceptors (Lipinski definition) is 21. The predicted octanol–water partition coefficient (Wildman–Crippen LogP) is 5.61. The number of thiazole rings is 1. The Hall–Kier alpha value is -9.21. The Labute approximate surface area is 561 Å². The van der Waals surface area contributed by atoms with E-state index in [9.17, 15) is 64.4 Å². The number of carbonyl (C=O) groups excluding carboxylic acids is 5. The zero-order chi connectivity index (χ0) is 68.6. The van der Waals surface area contributed by atoms with Crippen molar-refractivity contribution in [3.05, 3.63) is 130 Å². The molecule has 27 nitrogen and oxygen atoms in total. The maximum absolute atomic E-state index is 13.9. The number of alkyl carbamates (subject to hydrolysis) is 1. The molecule has 6 heterocycles. The number of nitriles is 1. The molecule has 1 saturated heterocycles. The molecule has 28 heteroatoms. The minimum absolute atomic E-state index is 0.0109. The number of carboxylic acids is 2. The number of pyridine rings is 1. The molecule has 3 aliphatic heterocycles. The molecule has 5 fully saturated rings. The highest BCUT2D eigenvalue weighted by molar-refractivity contribution is 7.22. The minimum atomic E-state index is -1.86. The summed E-state index contributed by atoms with van der Waals surface area (Å²) < 4.78 is 32.8. The number of amides is 5. The zero-order valence-electron chi connectivity index (χ0n) is 53.8. The number of nitrogens with zero attached hydrogens (tertiary/aromatic N) is 7. The first-order chi connectivity index (χ1) is 46.4. The monoisotopic (exact) mass is 1350 g/mol. The van der Waals surface area contributed by atoms with E-state index >= 15 is 0 Å². The fraction of sp³-hybridized carbons (Fsp3) is 0.464. The van der Waals surface area contributed by atoms with Gasteiger partial charge >= 0.3 is 18.0 Å². The molecule has 6 aromatic rings. The molecule has 7 atom stereocenters. The first kappa shape index (κ1) is 67.8. The highest BCUT2D eigenvalue weighted by Gasteiger charge is 2.66. The van der Waals surface area contributed by atoms with Crippen LogP contribution in [0.25, 0.3) is 21.3 Å². The van der Waals surface area contributed by atoms with Gasteiger partial charge in [-0.05, 0) is 127 Å². The fourth-order valence-corrected chi connectivity index (χ4v) is 17.2. The summed E-state index contributed by atoms with van der Waals surface area (Å²) in [5.74, 6) is -3.77. The number of aliphatic carboxylic acids is 1. The molecule has 4 aliphatic carbocycles. The molecule has 3 aromatic heterocycles. The van der Waals surface area contributed by atoms with Gasteiger partial charge in [-0.3, -0.25) is 34.1 Å². The largest absolute Gasteiger partial charge is 0.491 e. The number of rotatable bonds is 26. The highest BCUT2D eigenvalue weighted by atomic mass is 32.1. The summed E-state index contributed by atoms with van der Waals surface area (Å²) in [4.78, 5) is 100. The maximum atomic E-state index is 13.9. The van der Waals surface area contributed by atoms with Gasteiger partial charge in [-0.15, -0.1) is 0 Å². The van der Waals surface area contributed by atoms with Crippen LogP contribution in [0.4, 0.5) is 15.7 Å². The number of benzene rings is 3. The number of fused-ring (bicyclic) bond motifs is 2. The molecule has 0 spiro atoms. The molecular formula is C69H76N10O17S. The maximum Gasteiger partial charge on any atom is 0.407 e. The van der Waals surface area contributed by atoms with Crippen molar-refractivity contribution in [3.63, 3.8) is 0 Å². The molecular weight excluding hydrogens is 1270 g/mol. The number of nitrogens with one attached hydrogen (secondary N) is 3. The average Bonchev–Trinajstić information content (AvgIpc) is 1.04. The molecule has 2 unspecified atom stereocenters. The van der Waals surface area contributed by atoms with Gasteiger partial charge in [0, 0.05) is 92.2 Å². The van der Waals surface area contributed by atoms with Crippen molar-refractivity contribution in [2.45, 2.75) is 134 Å². The quantitative estimate of drug-likeness (QED) is 0.0241. The Bertz CT molecular complexity index is 4100. The number of para-hydroxylation sites is 1. The second-order valence-electron chi connectivity index (χ2n) is 27.0. The molecule has 8 N–H and O–H groups in total. The summed E-state index contributed by atoms with van der Waals surface area (Å²) in [6.07, 6.45) is 0.561. The van der Waals surface area contributed by atoms with Crippen molar-refractivity contribution >= 4 is 74.2 Å². The number of aliphatic hydroxyl groups is 3. The topological polar surface area (TPSA) is 377 Å². The highest BCUT2D eigenvalue weighted by Crippen LogP contribution is 2.72. The lowest BCUT2D eigenvalue weighted by Crippen LogP contribution is -2.64. The van der Waals surface area contributed by atoms with Crippen LogP contribution in [0.3, 0.4) is 0 Å². The summed E-state index contributed by atoms with van der Waals surface area (Å²) in [5.41, 5.74) is 4.86. The van der Waals surface area contributed by atoms with Crippen LogP contribution in [0.5, 0.6) is 5.75 Å². The van der Waals surface area contributed by atoms with Gasteiger partial charge in [-0.25, -0.2) is 24.4 Å². The fourth-order valence-electron chi connectivity index (χ4n) is 16.3. The Morgan fingerprint density at radius 3 is 2.33 bits per heavy atom. The Morgan fingerprint density at radius 2 is 1.59 bits per heavy atom. The summed E-state index contributed by atoms with van der Waals surface area (Å²) in [6, 6.07) is 21.6. The second-order valence-corrected chi connectivity index (χ2v) is 28.0.